The number of H-pyrrole nitrogens is 1. The minimum Gasteiger partial charge on any atom is -0.442 e. The number of nitrogens with one attached hydrogen (secondary N) is 2. The van der Waals surface area contributed by atoms with E-state index in [1.807, 2.05) is 6.92 Å². The van der Waals surface area contributed by atoms with Crippen LogP contribution in [0.5, 0.6) is 0 Å². The number of amides is 1. The Kier molecular flexibility index (Phi) is 4.53. The second-order valence-electron chi connectivity index (χ2n) is 6.43. The van der Waals surface area contributed by atoms with E-state index >= 15 is 0 Å². The summed E-state index contributed by atoms with van der Waals surface area (Å²) < 4.78 is 5.44. The van der Waals surface area contributed by atoms with E-state index in [1.54, 1.807) is 6.92 Å². The van der Waals surface area contributed by atoms with Gasteiger partial charge in [-0.3, -0.25) is 14.5 Å². The van der Waals surface area contributed by atoms with Crippen molar-refractivity contribution in [1.82, 2.24) is 20.2 Å². The third-order valence-corrected chi connectivity index (χ3v) is 4.31. The molecule has 7 nitrogen and oxygen atoms in total. The molecule has 0 aliphatic carbocycles. The van der Waals surface area contributed by atoms with Crippen LogP contribution in [0.1, 0.15) is 35.9 Å². The van der Waals surface area contributed by atoms with Gasteiger partial charge in [0.05, 0.1) is 11.9 Å². The number of piperidine rings is 1. The molecule has 2 aromatic rings. The molecule has 2 aromatic heterocycles. The van der Waals surface area contributed by atoms with Crippen molar-refractivity contribution in [3.8, 4) is 0 Å². The minimum atomic E-state index is -0.363. The zero-order valence-electron chi connectivity index (χ0n) is 14.0. The van der Waals surface area contributed by atoms with Crippen molar-refractivity contribution >= 4 is 17.0 Å². The van der Waals surface area contributed by atoms with Gasteiger partial charge in [0, 0.05) is 25.7 Å². The number of carbonyl (C=O) groups is 1. The van der Waals surface area contributed by atoms with Crippen molar-refractivity contribution in [3.63, 3.8) is 0 Å². The molecule has 0 radical (unpaired) electrons. The Labute approximate surface area is 139 Å². The normalized spacial score (nSPS) is 16.4. The summed E-state index contributed by atoms with van der Waals surface area (Å²) in [6.07, 6.45) is 3.03. The van der Waals surface area contributed by atoms with Crippen molar-refractivity contribution < 1.29 is 9.21 Å². The number of likely N-dealkylation sites (tertiary alicyclic amines) is 1. The fourth-order valence-corrected chi connectivity index (χ4v) is 3.20. The molecule has 0 aromatic carbocycles. The maximum absolute atomic E-state index is 12.6. The number of fused-ring (bicyclic) bond motifs is 1. The largest absolute Gasteiger partial charge is 0.442 e. The third-order valence-electron chi connectivity index (χ3n) is 4.31. The van der Waals surface area contributed by atoms with Gasteiger partial charge in [-0.25, -0.2) is 4.98 Å². The molecule has 0 saturated carbocycles. The van der Waals surface area contributed by atoms with E-state index in [0.29, 0.717) is 5.76 Å². The summed E-state index contributed by atoms with van der Waals surface area (Å²) in [5.74, 6) is 0.134. The first-order chi connectivity index (χ1) is 11.5. The van der Waals surface area contributed by atoms with Gasteiger partial charge in [-0.2, -0.15) is 0 Å². The zero-order chi connectivity index (χ0) is 17.3. The van der Waals surface area contributed by atoms with E-state index in [9.17, 15) is 9.59 Å². The Morgan fingerprint density at radius 1 is 1.50 bits per heavy atom. The highest BCUT2D eigenvalue weighted by Gasteiger charge is 2.25. The van der Waals surface area contributed by atoms with Crippen LogP contribution in [0.3, 0.4) is 0 Å². The lowest BCUT2D eigenvalue weighted by Crippen LogP contribution is -2.45. The second-order valence-corrected chi connectivity index (χ2v) is 6.43. The van der Waals surface area contributed by atoms with Crippen LogP contribution in [0.25, 0.3) is 11.1 Å². The summed E-state index contributed by atoms with van der Waals surface area (Å²) in [5, 5.41) is 3.24. The lowest BCUT2D eigenvalue weighted by atomic mass is 10.0. The van der Waals surface area contributed by atoms with Crippen LogP contribution < -0.4 is 10.9 Å². The summed E-state index contributed by atoms with van der Waals surface area (Å²) >= 11 is 0. The molecule has 24 heavy (non-hydrogen) atoms. The van der Waals surface area contributed by atoms with Gasteiger partial charge in [-0.05, 0) is 26.7 Å². The fourth-order valence-electron chi connectivity index (χ4n) is 3.20. The Morgan fingerprint density at radius 2 is 2.21 bits per heavy atom. The van der Waals surface area contributed by atoms with Gasteiger partial charge in [0.15, 0.2) is 0 Å². The Hall–Kier alpha value is -2.41. The highest BCUT2D eigenvalue weighted by Crippen LogP contribution is 2.21. The first kappa shape index (κ1) is 16.4. The summed E-state index contributed by atoms with van der Waals surface area (Å²) in [4.78, 5) is 33.4. The van der Waals surface area contributed by atoms with E-state index < -0.39 is 0 Å². The summed E-state index contributed by atoms with van der Waals surface area (Å²) in [6.45, 7) is 10.4. The monoisotopic (exact) mass is 330 g/mol. The average Bonchev–Trinajstić information content (AvgIpc) is 2.86. The molecule has 0 spiro atoms. The highest BCUT2D eigenvalue weighted by molar-refractivity contribution is 6.06. The number of furan rings is 1. The summed E-state index contributed by atoms with van der Waals surface area (Å²) in [5.41, 5.74) is 1.25. The van der Waals surface area contributed by atoms with E-state index in [2.05, 4.69) is 26.8 Å². The molecule has 3 heterocycles. The van der Waals surface area contributed by atoms with E-state index in [4.69, 9.17) is 4.42 Å². The zero-order valence-corrected chi connectivity index (χ0v) is 14.0. The van der Waals surface area contributed by atoms with Crippen molar-refractivity contribution in [2.24, 2.45) is 0 Å². The number of aromatic nitrogens is 2. The molecule has 128 valence electrons. The molecule has 0 unspecified atom stereocenters. The van der Waals surface area contributed by atoms with Crippen LogP contribution >= 0.6 is 0 Å². The summed E-state index contributed by atoms with van der Waals surface area (Å²) in [6, 6.07) is 0.0963. The van der Waals surface area contributed by atoms with Crippen molar-refractivity contribution in [2.75, 3.05) is 19.6 Å². The number of aryl methyl sites for hydroxylation is 1. The number of hydrogen-bond acceptors (Lipinski definition) is 5. The quantitative estimate of drug-likeness (QED) is 0.831. The van der Waals surface area contributed by atoms with Crippen LogP contribution in [0.2, 0.25) is 0 Å². The lowest BCUT2D eigenvalue weighted by Gasteiger charge is -2.32. The topological polar surface area (TPSA) is 91.2 Å². The first-order valence-electron chi connectivity index (χ1n) is 8.10. The molecule has 1 saturated heterocycles. The number of rotatable bonds is 4. The van der Waals surface area contributed by atoms with Gasteiger partial charge < -0.3 is 14.7 Å². The molecule has 1 fully saturated rings. The van der Waals surface area contributed by atoms with Gasteiger partial charge in [0.25, 0.3) is 11.5 Å². The van der Waals surface area contributed by atoms with Gasteiger partial charge in [0.2, 0.25) is 5.71 Å². The SMILES string of the molecule is C=C(C)CN1CCC(NC(=O)c2c(C)oc3nc[nH]c(=O)c23)CC1. The van der Waals surface area contributed by atoms with E-state index in [-0.39, 0.29) is 34.2 Å². The Balaban J connectivity index is 1.72. The third kappa shape index (κ3) is 3.26. The summed E-state index contributed by atoms with van der Waals surface area (Å²) in [7, 11) is 0. The predicted molar refractivity (Wildman–Crippen MR) is 91.1 cm³/mol. The van der Waals surface area contributed by atoms with Crippen molar-refractivity contribution in [1.29, 1.82) is 0 Å². The Morgan fingerprint density at radius 3 is 2.88 bits per heavy atom. The molecular formula is C17H22N4O3. The number of hydrogen-bond donors (Lipinski definition) is 2. The Bertz CT molecular complexity index is 828. The molecule has 0 bridgehead atoms. The van der Waals surface area contributed by atoms with Crippen LogP contribution in [0.4, 0.5) is 0 Å². The van der Waals surface area contributed by atoms with Gasteiger partial charge >= 0.3 is 0 Å². The number of nitrogens with zero attached hydrogens (tertiary/aromatic N) is 2. The van der Waals surface area contributed by atoms with Crippen LogP contribution in [0, 0.1) is 6.92 Å². The van der Waals surface area contributed by atoms with E-state index in [0.717, 1.165) is 38.0 Å². The number of carbonyl (C=O) groups excluding carboxylic acids is 1. The predicted octanol–water partition coefficient (Wildman–Crippen LogP) is 1.59. The van der Waals surface area contributed by atoms with Crippen LogP contribution in [-0.4, -0.2) is 46.5 Å². The second kappa shape index (κ2) is 6.60. The van der Waals surface area contributed by atoms with Crippen molar-refractivity contribution in [3.05, 3.63) is 40.2 Å². The van der Waals surface area contributed by atoms with Gasteiger partial charge in [-0.15, -0.1) is 0 Å². The first-order valence-corrected chi connectivity index (χ1v) is 8.10. The minimum absolute atomic E-state index is 0.0963. The molecule has 1 amide bonds. The smallest absolute Gasteiger partial charge is 0.262 e. The van der Waals surface area contributed by atoms with Crippen LogP contribution in [0.15, 0.2) is 27.7 Å². The van der Waals surface area contributed by atoms with Crippen LogP contribution in [-0.2, 0) is 0 Å². The molecule has 1 aliphatic heterocycles. The maximum atomic E-state index is 12.6. The van der Waals surface area contributed by atoms with Crippen molar-refractivity contribution in [2.45, 2.75) is 32.7 Å². The number of aromatic amines is 1. The molecule has 2 N–H and O–H groups in total. The molecular weight excluding hydrogens is 308 g/mol. The molecule has 7 heteroatoms. The molecule has 1 aliphatic rings. The average molecular weight is 330 g/mol. The lowest BCUT2D eigenvalue weighted by molar-refractivity contribution is 0.0913. The maximum Gasteiger partial charge on any atom is 0.262 e. The highest BCUT2D eigenvalue weighted by atomic mass is 16.3. The van der Waals surface area contributed by atoms with Gasteiger partial charge in [-0.1, -0.05) is 12.2 Å². The fraction of sp³-hybridized carbons (Fsp3) is 0.471. The van der Waals surface area contributed by atoms with E-state index in [1.165, 1.54) is 6.33 Å². The molecule has 0 atom stereocenters. The molecule has 3 rings (SSSR count). The van der Waals surface area contributed by atoms with Gasteiger partial charge in [0.1, 0.15) is 11.1 Å². The standard InChI is InChI=1S/C17H22N4O3/c1-10(2)8-21-6-4-12(5-7-21)20-16(23)13-11(3)24-17-14(13)15(22)18-9-19-17/h9,12H,1,4-8H2,2-3H3,(H,20,23)(H,18,19,22).